The Morgan fingerprint density at radius 3 is 2.70 bits per heavy atom. The van der Waals surface area contributed by atoms with Crippen LogP contribution in [0.1, 0.15) is 52.9 Å². The van der Waals surface area contributed by atoms with E-state index in [1.54, 1.807) is 30.5 Å². The highest BCUT2D eigenvalue weighted by Gasteiger charge is 2.26. The molecule has 5 N–H and O–H groups in total. The van der Waals surface area contributed by atoms with E-state index in [0.717, 1.165) is 5.56 Å². The SMILES string of the molecule is Cc1cc(C(C)Nc2ccccc2C(=O)O)c2nc(N3CCC(/C(N)=C/C=N)CC3)c(C#N)c(=O)n2c1. The Morgan fingerprint density at radius 2 is 2.05 bits per heavy atom. The van der Waals surface area contributed by atoms with Gasteiger partial charge in [-0.15, -0.1) is 0 Å². The maximum atomic E-state index is 13.4. The van der Waals surface area contributed by atoms with Gasteiger partial charge in [-0.1, -0.05) is 12.1 Å². The fourth-order valence-electron chi connectivity index (χ4n) is 4.81. The van der Waals surface area contributed by atoms with Crippen molar-refractivity contribution in [2.75, 3.05) is 23.3 Å². The van der Waals surface area contributed by atoms with Gasteiger partial charge in [0, 0.05) is 48.4 Å². The fourth-order valence-corrected chi connectivity index (χ4v) is 4.81. The summed E-state index contributed by atoms with van der Waals surface area (Å²) in [6, 6.07) is 10.2. The van der Waals surface area contributed by atoms with E-state index in [1.807, 2.05) is 24.8 Å². The molecular weight excluding hydrogens is 470 g/mol. The lowest BCUT2D eigenvalue weighted by Crippen LogP contribution is -2.38. The van der Waals surface area contributed by atoms with Crippen LogP contribution in [0.25, 0.3) is 5.65 Å². The summed E-state index contributed by atoms with van der Waals surface area (Å²) in [5.74, 6) is -0.579. The number of hydrogen-bond acceptors (Lipinski definition) is 8. The van der Waals surface area contributed by atoms with E-state index in [4.69, 9.17) is 16.1 Å². The first-order valence-electron chi connectivity index (χ1n) is 12.0. The van der Waals surface area contributed by atoms with Crippen molar-refractivity contribution in [1.29, 1.82) is 10.7 Å². The summed E-state index contributed by atoms with van der Waals surface area (Å²) >= 11 is 0. The molecule has 1 aliphatic heterocycles. The van der Waals surface area contributed by atoms with Gasteiger partial charge >= 0.3 is 5.97 Å². The number of nitrogens with zero attached hydrogens (tertiary/aromatic N) is 4. The number of nitriles is 1. The number of carboxylic acids is 1. The Morgan fingerprint density at radius 1 is 1.35 bits per heavy atom. The lowest BCUT2D eigenvalue weighted by Gasteiger charge is -2.33. The average molecular weight is 500 g/mol. The van der Waals surface area contributed by atoms with E-state index in [1.165, 1.54) is 16.7 Å². The number of benzene rings is 1. The van der Waals surface area contributed by atoms with Crippen molar-refractivity contribution in [3.63, 3.8) is 0 Å². The van der Waals surface area contributed by atoms with Gasteiger partial charge in [0.15, 0.2) is 11.4 Å². The smallest absolute Gasteiger partial charge is 0.337 e. The van der Waals surface area contributed by atoms with Crippen LogP contribution in [-0.4, -0.2) is 39.8 Å². The lowest BCUT2D eigenvalue weighted by atomic mass is 9.93. The third-order valence-electron chi connectivity index (χ3n) is 6.72. The van der Waals surface area contributed by atoms with Crippen molar-refractivity contribution in [3.8, 4) is 6.07 Å². The number of para-hydroxylation sites is 1. The van der Waals surface area contributed by atoms with Crippen molar-refractivity contribution < 1.29 is 9.90 Å². The number of hydrogen-bond donors (Lipinski definition) is 4. The lowest BCUT2D eigenvalue weighted by molar-refractivity contribution is 0.0698. The minimum absolute atomic E-state index is 0.0210. The first-order valence-corrected chi connectivity index (χ1v) is 12.0. The van der Waals surface area contributed by atoms with E-state index in [-0.39, 0.29) is 23.1 Å². The number of rotatable bonds is 7. The van der Waals surface area contributed by atoms with E-state index < -0.39 is 11.5 Å². The van der Waals surface area contributed by atoms with Crippen molar-refractivity contribution in [2.45, 2.75) is 32.7 Å². The number of aryl methyl sites for hydroxylation is 1. The van der Waals surface area contributed by atoms with Crippen LogP contribution >= 0.6 is 0 Å². The van der Waals surface area contributed by atoms with Crippen LogP contribution in [0.15, 0.2) is 53.1 Å². The molecular formula is C27H29N7O3. The van der Waals surface area contributed by atoms with Crippen LogP contribution in [0.2, 0.25) is 0 Å². The monoisotopic (exact) mass is 499 g/mol. The minimum atomic E-state index is -1.04. The Balaban J connectivity index is 1.77. The minimum Gasteiger partial charge on any atom is -0.478 e. The number of nitrogens with one attached hydrogen (secondary N) is 2. The molecule has 2 aromatic heterocycles. The molecule has 1 fully saturated rings. The second kappa shape index (κ2) is 10.5. The highest BCUT2D eigenvalue weighted by atomic mass is 16.4. The van der Waals surface area contributed by atoms with Crippen molar-refractivity contribution in [2.24, 2.45) is 11.7 Å². The molecule has 10 nitrogen and oxygen atoms in total. The standard InChI is InChI=1S/C27H29N7O3/c1-16-13-20(17(2)31-23-6-4-3-5-19(23)27(36)37)25-32-24(21(14-29)26(35)34(25)15-16)33-11-8-18(9-12-33)22(30)7-10-28/h3-7,10,13,15,17-18,28,31H,8-9,11-12,30H2,1-2H3,(H,36,37)/b22-7-,28-10?. The van der Waals surface area contributed by atoms with Crippen molar-refractivity contribution in [1.82, 2.24) is 9.38 Å². The topological polar surface area (TPSA) is 161 Å². The van der Waals surface area contributed by atoms with Gasteiger partial charge in [-0.05, 0) is 56.5 Å². The number of aromatic carboxylic acids is 1. The molecule has 1 aromatic carbocycles. The third-order valence-corrected chi connectivity index (χ3v) is 6.72. The molecule has 37 heavy (non-hydrogen) atoms. The van der Waals surface area contributed by atoms with Crippen LogP contribution in [0.3, 0.4) is 0 Å². The molecule has 1 saturated heterocycles. The van der Waals surface area contributed by atoms with Gasteiger partial charge < -0.3 is 26.5 Å². The van der Waals surface area contributed by atoms with E-state index in [9.17, 15) is 20.0 Å². The number of carbonyl (C=O) groups is 1. The number of carboxylic acid groups (broad SMARTS) is 1. The zero-order valence-electron chi connectivity index (χ0n) is 20.7. The largest absolute Gasteiger partial charge is 0.478 e. The summed E-state index contributed by atoms with van der Waals surface area (Å²) in [4.78, 5) is 31.9. The molecule has 3 heterocycles. The molecule has 3 aromatic rings. The van der Waals surface area contributed by atoms with Crippen molar-refractivity contribution >= 4 is 29.3 Å². The molecule has 190 valence electrons. The van der Waals surface area contributed by atoms with Crippen LogP contribution in [-0.2, 0) is 0 Å². The average Bonchev–Trinajstić information content (AvgIpc) is 2.89. The number of fused-ring (bicyclic) bond motifs is 1. The van der Waals surface area contributed by atoms with Gasteiger partial charge in [0.05, 0.1) is 11.6 Å². The van der Waals surface area contributed by atoms with Crippen LogP contribution in [0.5, 0.6) is 0 Å². The molecule has 4 rings (SSSR count). The number of piperidine rings is 1. The van der Waals surface area contributed by atoms with Gasteiger partial charge in [-0.2, -0.15) is 5.26 Å². The number of anilines is 2. The van der Waals surface area contributed by atoms with Crippen LogP contribution < -0.4 is 21.5 Å². The zero-order valence-corrected chi connectivity index (χ0v) is 20.7. The maximum Gasteiger partial charge on any atom is 0.337 e. The molecule has 1 unspecified atom stereocenters. The summed E-state index contributed by atoms with van der Waals surface area (Å²) in [5.41, 5.74) is 8.78. The number of aromatic nitrogens is 2. The van der Waals surface area contributed by atoms with E-state index >= 15 is 0 Å². The summed E-state index contributed by atoms with van der Waals surface area (Å²) in [7, 11) is 0. The highest BCUT2D eigenvalue weighted by molar-refractivity contribution is 5.94. The first-order chi connectivity index (χ1) is 17.7. The second-order valence-electron chi connectivity index (χ2n) is 9.21. The quantitative estimate of drug-likeness (QED) is 0.359. The van der Waals surface area contributed by atoms with Crippen molar-refractivity contribution in [3.05, 3.63) is 80.9 Å². The van der Waals surface area contributed by atoms with Crippen LogP contribution in [0.4, 0.5) is 11.5 Å². The molecule has 0 spiro atoms. The summed E-state index contributed by atoms with van der Waals surface area (Å²) in [6.07, 6.45) is 5.85. The first kappa shape index (κ1) is 25.4. The second-order valence-corrected chi connectivity index (χ2v) is 9.21. The molecule has 1 aliphatic rings. The highest BCUT2D eigenvalue weighted by Crippen LogP contribution is 2.29. The van der Waals surface area contributed by atoms with Gasteiger partial charge in [0.25, 0.3) is 5.56 Å². The molecule has 0 aliphatic carbocycles. The number of allylic oxidation sites excluding steroid dienone is 2. The van der Waals surface area contributed by atoms with E-state index in [0.29, 0.717) is 54.3 Å². The fraction of sp³-hybridized carbons (Fsp3) is 0.296. The third kappa shape index (κ3) is 5.02. The van der Waals surface area contributed by atoms with Gasteiger partial charge in [-0.25, -0.2) is 9.78 Å². The summed E-state index contributed by atoms with van der Waals surface area (Å²) in [6.45, 7) is 4.86. The van der Waals surface area contributed by atoms with Gasteiger partial charge in [-0.3, -0.25) is 9.20 Å². The number of pyridine rings is 1. The number of nitrogens with two attached hydrogens (primary N) is 1. The molecule has 1 atom stereocenters. The Bertz CT molecular complexity index is 1490. The zero-order chi connectivity index (χ0) is 26.7. The Hall–Kier alpha value is -4.65. The summed E-state index contributed by atoms with van der Waals surface area (Å²) in [5, 5.41) is 29.9. The predicted molar refractivity (Wildman–Crippen MR) is 142 cm³/mol. The van der Waals surface area contributed by atoms with Crippen LogP contribution in [0, 0.1) is 29.6 Å². The normalized spacial score (nSPS) is 15.3. The predicted octanol–water partition coefficient (Wildman–Crippen LogP) is 3.45. The Labute approximate surface area is 214 Å². The summed E-state index contributed by atoms with van der Waals surface area (Å²) < 4.78 is 1.39. The van der Waals surface area contributed by atoms with E-state index in [2.05, 4.69) is 11.4 Å². The molecule has 0 saturated carbocycles. The Kier molecular flexibility index (Phi) is 7.25. The molecule has 10 heteroatoms. The molecule has 0 radical (unpaired) electrons. The molecule has 0 amide bonds. The maximum absolute atomic E-state index is 13.4. The molecule has 0 bridgehead atoms. The van der Waals surface area contributed by atoms with Gasteiger partial charge in [0.1, 0.15) is 11.7 Å². The van der Waals surface area contributed by atoms with Gasteiger partial charge in [0.2, 0.25) is 0 Å².